The zero-order valence-electron chi connectivity index (χ0n) is 15.6. The average molecular weight is 385 g/mol. The van der Waals surface area contributed by atoms with Crippen LogP contribution in [0.3, 0.4) is 0 Å². The van der Waals surface area contributed by atoms with Crippen LogP contribution in [0.2, 0.25) is 0 Å². The molecule has 1 heterocycles. The number of benzene rings is 1. The second-order valence-corrected chi connectivity index (χ2v) is 8.14. The number of sulfonamides is 1. The van der Waals surface area contributed by atoms with Crippen LogP contribution in [0.4, 0.5) is 0 Å². The molecule has 0 spiro atoms. The summed E-state index contributed by atoms with van der Waals surface area (Å²) in [6.07, 6.45) is 0.619. The summed E-state index contributed by atoms with van der Waals surface area (Å²) in [4.78, 5) is 4.15. The monoisotopic (exact) mass is 384 g/mol. The molecule has 146 valence electrons. The van der Waals surface area contributed by atoms with E-state index in [1.54, 1.807) is 14.2 Å². The molecule has 2 rings (SSSR count). The molecule has 9 heteroatoms. The van der Waals surface area contributed by atoms with E-state index in [4.69, 9.17) is 9.47 Å². The summed E-state index contributed by atoms with van der Waals surface area (Å²) in [6, 6.07) is 7.45. The van der Waals surface area contributed by atoms with E-state index in [-0.39, 0.29) is 11.9 Å². The molecule has 1 saturated heterocycles. The van der Waals surface area contributed by atoms with E-state index < -0.39 is 10.0 Å². The quantitative estimate of drug-likeness (QED) is 0.505. The summed E-state index contributed by atoms with van der Waals surface area (Å²) >= 11 is 0. The SMILES string of the molecule is CN=C(NCCN1CCCS1(=O)=O)NCC(C)Oc1cccc(OC)c1. The minimum atomic E-state index is -3.06. The van der Waals surface area contributed by atoms with Crippen molar-refractivity contribution in [3.05, 3.63) is 24.3 Å². The molecule has 0 radical (unpaired) electrons. The number of nitrogens with one attached hydrogen (secondary N) is 2. The van der Waals surface area contributed by atoms with E-state index in [1.807, 2.05) is 31.2 Å². The van der Waals surface area contributed by atoms with Gasteiger partial charge in [-0.3, -0.25) is 4.99 Å². The van der Waals surface area contributed by atoms with Gasteiger partial charge >= 0.3 is 0 Å². The molecule has 1 aliphatic rings. The van der Waals surface area contributed by atoms with Gasteiger partial charge in [0, 0.05) is 32.7 Å². The van der Waals surface area contributed by atoms with Crippen LogP contribution < -0.4 is 20.1 Å². The summed E-state index contributed by atoms with van der Waals surface area (Å²) in [5, 5.41) is 6.31. The number of methoxy groups -OCH3 is 1. The highest BCUT2D eigenvalue weighted by molar-refractivity contribution is 7.89. The van der Waals surface area contributed by atoms with Gasteiger partial charge in [0.05, 0.1) is 19.4 Å². The van der Waals surface area contributed by atoms with Crippen molar-refractivity contribution in [2.24, 2.45) is 4.99 Å². The van der Waals surface area contributed by atoms with Gasteiger partial charge < -0.3 is 20.1 Å². The van der Waals surface area contributed by atoms with Crippen molar-refractivity contribution >= 4 is 16.0 Å². The van der Waals surface area contributed by atoms with Crippen molar-refractivity contribution in [1.29, 1.82) is 0 Å². The van der Waals surface area contributed by atoms with Crippen LogP contribution in [-0.4, -0.2) is 70.9 Å². The molecule has 1 unspecified atom stereocenters. The lowest BCUT2D eigenvalue weighted by atomic mass is 10.3. The number of ether oxygens (including phenoxy) is 2. The maximum Gasteiger partial charge on any atom is 0.214 e. The van der Waals surface area contributed by atoms with E-state index in [2.05, 4.69) is 15.6 Å². The zero-order valence-corrected chi connectivity index (χ0v) is 16.4. The molecule has 2 N–H and O–H groups in total. The second kappa shape index (κ2) is 9.63. The standard InChI is InChI=1S/C17H28N4O4S/c1-14(25-16-7-4-6-15(12-16)24-3)13-20-17(18-2)19-8-10-21-9-5-11-26(21,22)23/h4,6-7,12,14H,5,8-11,13H2,1-3H3,(H2,18,19,20). The Kier molecular flexibility index (Phi) is 7.52. The van der Waals surface area contributed by atoms with Crippen LogP contribution in [0.15, 0.2) is 29.3 Å². The first-order valence-electron chi connectivity index (χ1n) is 8.67. The van der Waals surface area contributed by atoms with E-state index in [9.17, 15) is 8.42 Å². The fourth-order valence-corrected chi connectivity index (χ4v) is 4.18. The number of guanidine groups is 1. The zero-order chi connectivity index (χ0) is 19.0. The highest BCUT2D eigenvalue weighted by atomic mass is 32.2. The lowest BCUT2D eigenvalue weighted by molar-refractivity contribution is 0.223. The molecular weight excluding hydrogens is 356 g/mol. The van der Waals surface area contributed by atoms with Crippen molar-refractivity contribution in [1.82, 2.24) is 14.9 Å². The molecule has 1 atom stereocenters. The number of rotatable bonds is 8. The molecule has 1 aliphatic heterocycles. The fourth-order valence-electron chi connectivity index (χ4n) is 2.65. The average Bonchev–Trinajstić information content (AvgIpc) is 2.96. The van der Waals surface area contributed by atoms with E-state index in [0.717, 1.165) is 11.5 Å². The Balaban J connectivity index is 1.72. The van der Waals surface area contributed by atoms with Crippen LogP contribution in [0.25, 0.3) is 0 Å². The molecular formula is C17H28N4O4S. The second-order valence-electron chi connectivity index (χ2n) is 6.06. The minimum absolute atomic E-state index is 0.0837. The molecule has 1 aromatic carbocycles. The highest BCUT2D eigenvalue weighted by Crippen LogP contribution is 2.19. The van der Waals surface area contributed by atoms with Gasteiger partial charge in [-0.05, 0) is 25.5 Å². The van der Waals surface area contributed by atoms with Crippen molar-refractivity contribution in [2.75, 3.05) is 46.1 Å². The molecule has 8 nitrogen and oxygen atoms in total. The van der Waals surface area contributed by atoms with Crippen molar-refractivity contribution < 1.29 is 17.9 Å². The molecule has 0 aromatic heterocycles. The lowest BCUT2D eigenvalue weighted by Crippen LogP contribution is -2.44. The van der Waals surface area contributed by atoms with Crippen molar-refractivity contribution in [2.45, 2.75) is 19.4 Å². The third kappa shape index (κ3) is 6.06. The first kappa shape index (κ1) is 20.3. The number of hydrogen-bond acceptors (Lipinski definition) is 5. The Bertz CT molecular complexity index is 708. The molecule has 26 heavy (non-hydrogen) atoms. The van der Waals surface area contributed by atoms with Gasteiger partial charge in [0.1, 0.15) is 17.6 Å². The number of nitrogens with zero attached hydrogens (tertiary/aromatic N) is 2. The Morgan fingerprint density at radius 2 is 2.12 bits per heavy atom. The molecule has 1 fully saturated rings. The maximum absolute atomic E-state index is 11.8. The van der Waals surface area contributed by atoms with Gasteiger partial charge in [0.2, 0.25) is 10.0 Å². The first-order chi connectivity index (χ1) is 12.4. The molecule has 0 saturated carbocycles. The summed E-state index contributed by atoms with van der Waals surface area (Å²) in [7, 11) is 0.239. The topological polar surface area (TPSA) is 92.3 Å². The Morgan fingerprint density at radius 1 is 1.35 bits per heavy atom. The van der Waals surface area contributed by atoms with E-state index >= 15 is 0 Å². The van der Waals surface area contributed by atoms with E-state index in [0.29, 0.717) is 38.6 Å². The molecule has 1 aromatic rings. The van der Waals surface area contributed by atoms with Gasteiger partial charge in [-0.2, -0.15) is 0 Å². The summed E-state index contributed by atoms with van der Waals surface area (Å²) in [5.41, 5.74) is 0. The Labute approximate surface area is 155 Å². The predicted octanol–water partition coefficient (Wildman–Crippen LogP) is 0.663. The predicted molar refractivity (Wildman–Crippen MR) is 102 cm³/mol. The third-order valence-corrected chi connectivity index (χ3v) is 5.97. The summed E-state index contributed by atoms with van der Waals surface area (Å²) in [5.74, 6) is 2.35. The van der Waals surface area contributed by atoms with Gasteiger partial charge in [-0.15, -0.1) is 0 Å². The Hall–Kier alpha value is -2.00. The first-order valence-corrected chi connectivity index (χ1v) is 10.3. The van der Waals surface area contributed by atoms with Crippen LogP contribution in [0.5, 0.6) is 11.5 Å². The van der Waals surface area contributed by atoms with Crippen LogP contribution >= 0.6 is 0 Å². The fraction of sp³-hybridized carbons (Fsp3) is 0.588. The Morgan fingerprint density at radius 3 is 2.77 bits per heavy atom. The third-order valence-electron chi connectivity index (χ3n) is 4.02. The maximum atomic E-state index is 11.8. The van der Waals surface area contributed by atoms with E-state index in [1.165, 1.54) is 4.31 Å². The number of hydrogen-bond donors (Lipinski definition) is 2. The van der Waals surface area contributed by atoms with Gasteiger partial charge in [0.15, 0.2) is 5.96 Å². The van der Waals surface area contributed by atoms with Crippen LogP contribution in [-0.2, 0) is 10.0 Å². The summed E-state index contributed by atoms with van der Waals surface area (Å²) in [6.45, 7) is 4.06. The summed E-state index contributed by atoms with van der Waals surface area (Å²) < 4.78 is 36.1. The van der Waals surface area contributed by atoms with Crippen LogP contribution in [0, 0.1) is 0 Å². The normalized spacial score (nSPS) is 18.3. The smallest absolute Gasteiger partial charge is 0.214 e. The van der Waals surface area contributed by atoms with Crippen LogP contribution in [0.1, 0.15) is 13.3 Å². The highest BCUT2D eigenvalue weighted by Gasteiger charge is 2.27. The van der Waals surface area contributed by atoms with Gasteiger partial charge in [0.25, 0.3) is 0 Å². The molecule has 0 aliphatic carbocycles. The van der Waals surface area contributed by atoms with Gasteiger partial charge in [-0.1, -0.05) is 6.07 Å². The van der Waals surface area contributed by atoms with Gasteiger partial charge in [-0.25, -0.2) is 12.7 Å². The number of aliphatic imine (C=N–C) groups is 1. The lowest BCUT2D eigenvalue weighted by Gasteiger charge is -2.19. The van der Waals surface area contributed by atoms with Crippen molar-refractivity contribution in [3.8, 4) is 11.5 Å². The minimum Gasteiger partial charge on any atom is -0.497 e. The molecule has 0 amide bonds. The molecule has 0 bridgehead atoms. The largest absolute Gasteiger partial charge is 0.497 e. The van der Waals surface area contributed by atoms with Crippen molar-refractivity contribution in [3.63, 3.8) is 0 Å².